The van der Waals surface area contributed by atoms with Crippen LogP contribution in [0.3, 0.4) is 0 Å². The Labute approximate surface area is 109 Å². The molecule has 5 nitrogen and oxygen atoms in total. The monoisotopic (exact) mass is 255 g/mol. The molecule has 2 amide bonds. The second kappa shape index (κ2) is 6.18. The van der Waals surface area contributed by atoms with Crippen LogP contribution in [0.5, 0.6) is 0 Å². The smallest absolute Gasteiger partial charge is 0.242 e. The van der Waals surface area contributed by atoms with E-state index in [1.807, 2.05) is 0 Å². The van der Waals surface area contributed by atoms with Gasteiger partial charge in [-0.25, -0.2) is 0 Å². The molecular weight excluding hydrogens is 230 g/mol. The molecule has 104 valence electrons. The summed E-state index contributed by atoms with van der Waals surface area (Å²) < 4.78 is 0. The molecule has 0 aromatic carbocycles. The highest BCUT2D eigenvalue weighted by molar-refractivity contribution is 5.90. The molecule has 18 heavy (non-hydrogen) atoms. The Morgan fingerprint density at radius 1 is 1.33 bits per heavy atom. The largest absolute Gasteiger partial charge is 0.368 e. The molecule has 0 aromatic rings. The summed E-state index contributed by atoms with van der Waals surface area (Å²) in [5.74, 6) is -0.0317. The Hall–Kier alpha value is -1.10. The van der Waals surface area contributed by atoms with Crippen LogP contribution in [0.2, 0.25) is 0 Å². The SMILES string of the molecule is CC(C)(NC(=O)C1CCCC(CCN)C1)C(N)=O. The fourth-order valence-electron chi connectivity index (χ4n) is 2.50. The number of amides is 2. The number of carbonyl (C=O) groups is 2. The molecule has 2 atom stereocenters. The van der Waals surface area contributed by atoms with Crippen molar-refractivity contribution in [3.05, 3.63) is 0 Å². The van der Waals surface area contributed by atoms with Gasteiger partial charge < -0.3 is 16.8 Å². The highest BCUT2D eigenvalue weighted by atomic mass is 16.2. The molecule has 0 aromatic heterocycles. The van der Waals surface area contributed by atoms with E-state index in [1.165, 1.54) is 0 Å². The van der Waals surface area contributed by atoms with Gasteiger partial charge in [0.15, 0.2) is 0 Å². The van der Waals surface area contributed by atoms with Crippen molar-refractivity contribution in [1.29, 1.82) is 0 Å². The summed E-state index contributed by atoms with van der Waals surface area (Å²) in [5, 5.41) is 2.74. The molecule has 5 N–H and O–H groups in total. The maximum absolute atomic E-state index is 12.1. The van der Waals surface area contributed by atoms with Gasteiger partial charge in [0.05, 0.1) is 0 Å². The second-order valence-electron chi connectivity index (χ2n) is 5.79. The molecule has 1 rings (SSSR count). The van der Waals surface area contributed by atoms with Crippen molar-refractivity contribution >= 4 is 11.8 Å². The van der Waals surface area contributed by atoms with E-state index in [4.69, 9.17) is 11.5 Å². The topological polar surface area (TPSA) is 98.2 Å². The van der Waals surface area contributed by atoms with Gasteiger partial charge in [-0.3, -0.25) is 9.59 Å². The Morgan fingerprint density at radius 2 is 2.00 bits per heavy atom. The lowest BCUT2D eigenvalue weighted by atomic mass is 9.79. The summed E-state index contributed by atoms with van der Waals surface area (Å²) >= 11 is 0. The third-order valence-electron chi connectivity index (χ3n) is 3.78. The van der Waals surface area contributed by atoms with Gasteiger partial charge in [0.1, 0.15) is 5.54 Å². The van der Waals surface area contributed by atoms with Crippen LogP contribution in [0.25, 0.3) is 0 Å². The molecular formula is C13H25N3O2. The molecule has 0 heterocycles. The summed E-state index contributed by atoms with van der Waals surface area (Å²) in [6, 6.07) is 0. The van der Waals surface area contributed by atoms with Crippen LogP contribution in [0, 0.1) is 11.8 Å². The fourth-order valence-corrected chi connectivity index (χ4v) is 2.50. The lowest BCUT2D eigenvalue weighted by Crippen LogP contribution is -2.54. The zero-order valence-corrected chi connectivity index (χ0v) is 11.4. The summed E-state index contributed by atoms with van der Waals surface area (Å²) in [4.78, 5) is 23.3. The normalized spacial score (nSPS) is 24.6. The van der Waals surface area contributed by atoms with Crippen LogP contribution >= 0.6 is 0 Å². The van der Waals surface area contributed by atoms with Gasteiger partial charge >= 0.3 is 0 Å². The number of nitrogens with two attached hydrogens (primary N) is 2. The van der Waals surface area contributed by atoms with Gasteiger partial charge in [-0.2, -0.15) is 0 Å². The van der Waals surface area contributed by atoms with E-state index >= 15 is 0 Å². The van der Waals surface area contributed by atoms with Crippen LogP contribution in [0.1, 0.15) is 46.0 Å². The lowest BCUT2D eigenvalue weighted by Gasteiger charge is -2.31. The van der Waals surface area contributed by atoms with Crippen molar-refractivity contribution in [2.45, 2.75) is 51.5 Å². The molecule has 1 aliphatic carbocycles. The van der Waals surface area contributed by atoms with Gasteiger partial charge in [-0.05, 0) is 45.6 Å². The van der Waals surface area contributed by atoms with Crippen molar-refractivity contribution in [3.8, 4) is 0 Å². The molecule has 1 saturated carbocycles. The van der Waals surface area contributed by atoms with Crippen molar-refractivity contribution in [2.75, 3.05) is 6.54 Å². The average molecular weight is 255 g/mol. The van der Waals surface area contributed by atoms with Crippen LogP contribution in [-0.2, 0) is 9.59 Å². The van der Waals surface area contributed by atoms with Crippen LogP contribution in [-0.4, -0.2) is 23.9 Å². The Bertz CT molecular complexity index is 313. The standard InChI is InChI=1S/C13H25N3O2/c1-13(2,12(15)18)16-11(17)10-5-3-4-9(8-10)6-7-14/h9-10H,3-8,14H2,1-2H3,(H2,15,18)(H,16,17). The van der Waals surface area contributed by atoms with Gasteiger partial charge in [0.2, 0.25) is 11.8 Å². The van der Waals surface area contributed by atoms with E-state index in [-0.39, 0.29) is 11.8 Å². The van der Waals surface area contributed by atoms with E-state index < -0.39 is 11.4 Å². The van der Waals surface area contributed by atoms with E-state index in [0.29, 0.717) is 12.5 Å². The quantitative estimate of drug-likeness (QED) is 0.668. The number of carbonyl (C=O) groups excluding carboxylic acids is 2. The predicted octanol–water partition coefficient (Wildman–Crippen LogP) is 0.522. The Kier molecular flexibility index (Phi) is 5.14. The van der Waals surface area contributed by atoms with E-state index in [2.05, 4.69) is 5.32 Å². The van der Waals surface area contributed by atoms with E-state index in [1.54, 1.807) is 13.8 Å². The number of hydrogen-bond donors (Lipinski definition) is 3. The Morgan fingerprint density at radius 3 is 2.56 bits per heavy atom. The van der Waals surface area contributed by atoms with Crippen LogP contribution in [0.4, 0.5) is 0 Å². The minimum atomic E-state index is -0.974. The first-order valence-corrected chi connectivity index (χ1v) is 6.69. The van der Waals surface area contributed by atoms with Crippen molar-refractivity contribution in [2.24, 2.45) is 23.3 Å². The number of nitrogens with one attached hydrogen (secondary N) is 1. The predicted molar refractivity (Wildman–Crippen MR) is 70.5 cm³/mol. The summed E-state index contributed by atoms with van der Waals surface area (Å²) in [7, 11) is 0. The number of primary amides is 1. The molecule has 0 spiro atoms. The summed E-state index contributed by atoms with van der Waals surface area (Å²) in [6.45, 7) is 3.94. The maximum atomic E-state index is 12.1. The van der Waals surface area contributed by atoms with E-state index in [0.717, 1.165) is 32.1 Å². The van der Waals surface area contributed by atoms with Crippen LogP contribution < -0.4 is 16.8 Å². The lowest BCUT2D eigenvalue weighted by molar-refractivity contribution is -0.133. The Balaban J connectivity index is 2.53. The van der Waals surface area contributed by atoms with Gasteiger partial charge in [0.25, 0.3) is 0 Å². The highest BCUT2D eigenvalue weighted by Crippen LogP contribution is 2.31. The first-order valence-electron chi connectivity index (χ1n) is 6.69. The molecule has 1 aliphatic rings. The summed E-state index contributed by atoms with van der Waals surface area (Å²) in [5.41, 5.74) is 9.84. The third kappa shape index (κ3) is 3.98. The number of rotatable bonds is 5. The van der Waals surface area contributed by atoms with Gasteiger partial charge in [0, 0.05) is 5.92 Å². The zero-order valence-electron chi connectivity index (χ0n) is 11.4. The molecule has 0 aliphatic heterocycles. The van der Waals surface area contributed by atoms with Gasteiger partial charge in [-0.1, -0.05) is 12.8 Å². The minimum absolute atomic E-state index is 0.00563. The first kappa shape index (κ1) is 15.0. The van der Waals surface area contributed by atoms with Crippen molar-refractivity contribution < 1.29 is 9.59 Å². The molecule has 0 saturated heterocycles. The first-order chi connectivity index (χ1) is 8.36. The van der Waals surface area contributed by atoms with Crippen LogP contribution in [0.15, 0.2) is 0 Å². The highest BCUT2D eigenvalue weighted by Gasteiger charge is 2.32. The zero-order chi connectivity index (χ0) is 13.8. The third-order valence-corrected chi connectivity index (χ3v) is 3.78. The van der Waals surface area contributed by atoms with Crippen molar-refractivity contribution in [3.63, 3.8) is 0 Å². The van der Waals surface area contributed by atoms with Crippen molar-refractivity contribution in [1.82, 2.24) is 5.32 Å². The molecule has 2 unspecified atom stereocenters. The molecule has 0 radical (unpaired) electrons. The molecule has 1 fully saturated rings. The maximum Gasteiger partial charge on any atom is 0.242 e. The number of hydrogen-bond acceptors (Lipinski definition) is 3. The molecule has 5 heteroatoms. The fraction of sp³-hybridized carbons (Fsp3) is 0.846. The summed E-state index contributed by atoms with van der Waals surface area (Å²) in [6.07, 6.45) is 4.95. The molecule has 0 bridgehead atoms. The minimum Gasteiger partial charge on any atom is -0.368 e. The average Bonchev–Trinajstić information content (AvgIpc) is 2.29. The second-order valence-corrected chi connectivity index (χ2v) is 5.79. The van der Waals surface area contributed by atoms with Gasteiger partial charge in [-0.15, -0.1) is 0 Å². The van der Waals surface area contributed by atoms with E-state index in [9.17, 15) is 9.59 Å².